The van der Waals surface area contributed by atoms with Crippen molar-refractivity contribution in [3.63, 3.8) is 0 Å². The van der Waals surface area contributed by atoms with Gasteiger partial charge in [0, 0.05) is 18.3 Å². The molecule has 1 atom stereocenters. The van der Waals surface area contributed by atoms with Gasteiger partial charge in [0.1, 0.15) is 0 Å². The molecule has 1 unspecified atom stereocenters. The Morgan fingerprint density at radius 3 is 2.81 bits per heavy atom. The first-order valence-corrected chi connectivity index (χ1v) is 8.25. The molecule has 0 aromatic carbocycles. The predicted molar refractivity (Wildman–Crippen MR) is 69.8 cm³/mol. The van der Waals surface area contributed by atoms with Crippen LogP contribution in [0.15, 0.2) is 16.8 Å². The smallest absolute Gasteiger partial charge is 0.151 e. The summed E-state index contributed by atoms with van der Waals surface area (Å²) in [5, 5.41) is 7.42. The van der Waals surface area contributed by atoms with Gasteiger partial charge in [-0.3, -0.25) is 0 Å². The van der Waals surface area contributed by atoms with Crippen LogP contribution in [0.3, 0.4) is 0 Å². The molecule has 0 saturated heterocycles. The maximum atomic E-state index is 11.3. The highest BCUT2D eigenvalue weighted by atomic mass is 32.2. The van der Waals surface area contributed by atoms with Gasteiger partial charge in [-0.1, -0.05) is 6.92 Å². The third-order valence-corrected chi connectivity index (χ3v) is 4.91. The van der Waals surface area contributed by atoms with E-state index in [-0.39, 0.29) is 11.5 Å². The highest BCUT2D eigenvalue weighted by Gasteiger charge is 2.08. The predicted octanol–water partition coefficient (Wildman–Crippen LogP) is 1.70. The van der Waals surface area contributed by atoms with Crippen molar-refractivity contribution in [3.8, 4) is 0 Å². The normalized spacial score (nSPS) is 13.9. The summed E-state index contributed by atoms with van der Waals surface area (Å²) >= 11 is 1.69. The Kier molecular flexibility index (Phi) is 5.44. The van der Waals surface area contributed by atoms with Gasteiger partial charge in [0.05, 0.1) is 5.75 Å². The first-order valence-electron chi connectivity index (χ1n) is 5.48. The SMILES string of the molecule is CCS(=O)(=O)CCNC(C)Cc1ccsc1. The summed E-state index contributed by atoms with van der Waals surface area (Å²) in [5.74, 6) is 0.463. The van der Waals surface area contributed by atoms with Gasteiger partial charge in [0.15, 0.2) is 9.84 Å². The average Bonchev–Trinajstić information content (AvgIpc) is 2.70. The lowest BCUT2D eigenvalue weighted by molar-refractivity contribution is 0.555. The Balaban J connectivity index is 2.23. The molecular weight excluding hydrogens is 242 g/mol. The molecule has 16 heavy (non-hydrogen) atoms. The Bertz CT molecular complexity index is 384. The van der Waals surface area contributed by atoms with E-state index in [4.69, 9.17) is 0 Å². The fourth-order valence-corrected chi connectivity index (χ4v) is 2.84. The van der Waals surface area contributed by atoms with Crippen molar-refractivity contribution in [3.05, 3.63) is 22.4 Å². The van der Waals surface area contributed by atoms with E-state index in [1.54, 1.807) is 18.3 Å². The summed E-state index contributed by atoms with van der Waals surface area (Å²) in [6.07, 6.45) is 0.954. The van der Waals surface area contributed by atoms with Crippen LogP contribution in [0.25, 0.3) is 0 Å². The van der Waals surface area contributed by atoms with Crippen LogP contribution >= 0.6 is 11.3 Å². The number of hydrogen-bond donors (Lipinski definition) is 1. The molecule has 5 heteroatoms. The Morgan fingerprint density at radius 1 is 1.50 bits per heavy atom. The minimum absolute atomic E-state index is 0.230. The highest BCUT2D eigenvalue weighted by Crippen LogP contribution is 2.08. The third-order valence-electron chi connectivity index (χ3n) is 2.47. The first-order chi connectivity index (χ1) is 7.53. The molecule has 0 aliphatic heterocycles. The van der Waals surface area contributed by atoms with Crippen molar-refractivity contribution in [1.82, 2.24) is 5.32 Å². The molecule has 0 amide bonds. The fourth-order valence-electron chi connectivity index (χ4n) is 1.44. The maximum Gasteiger partial charge on any atom is 0.151 e. The van der Waals surface area contributed by atoms with Gasteiger partial charge >= 0.3 is 0 Å². The molecule has 0 fully saturated rings. The van der Waals surface area contributed by atoms with Gasteiger partial charge < -0.3 is 5.32 Å². The summed E-state index contributed by atoms with van der Waals surface area (Å²) in [6, 6.07) is 2.42. The van der Waals surface area contributed by atoms with Gasteiger partial charge in [-0.05, 0) is 35.7 Å². The lowest BCUT2D eigenvalue weighted by Crippen LogP contribution is -2.32. The second-order valence-corrected chi connectivity index (χ2v) is 7.18. The molecule has 0 aliphatic rings. The maximum absolute atomic E-state index is 11.3. The van der Waals surface area contributed by atoms with E-state index in [2.05, 4.69) is 29.1 Å². The number of thiophene rings is 1. The zero-order valence-corrected chi connectivity index (χ0v) is 11.4. The molecule has 0 bridgehead atoms. The van der Waals surface area contributed by atoms with Crippen LogP contribution in [0.5, 0.6) is 0 Å². The van der Waals surface area contributed by atoms with Crippen molar-refractivity contribution < 1.29 is 8.42 Å². The topological polar surface area (TPSA) is 46.2 Å². The van der Waals surface area contributed by atoms with Crippen molar-refractivity contribution in [2.24, 2.45) is 0 Å². The molecule has 1 aromatic rings. The molecule has 0 spiro atoms. The van der Waals surface area contributed by atoms with Crippen molar-refractivity contribution in [1.29, 1.82) is 0 Å². The number of rotatable bonds is 7. The van der Waals surface area contributed by atoms with Crippen molar-refractivity contribution in [2.75, 3.05) is 18.1 Å². The number of nitrogens with one attached hydrogen (secondary N) is 1. The fraction of sp³-hybridized carbons (Fsp3) is 0.636. The summed E-state index contributed by atoms with van der Waals surface area (Å²) in [6.45, 7) is 4.31. The zero-order chi connectivity index (χ0) is 12.0. The van der Waals surface area contributed by atoms with Crippen LogP contribution in [0.2, 0.25) is 0 Å². The zero-order valence-electron chi connectivity index (χ0n) is 9.77. The average molecular weight is 261 g/mol. The minimum atomic E-state index is -2.84. The molecule has 0 saturated carbocycles. The van der Waals surface area contributed by atoms with Gasteiger partial charge in [0.25, 0.3) is 0 Å². The van der Waals surface area contributed by atoms with Crippen LogP contribution in [-0.4, -0.2) is 32.5 Å². The monoisotopic (exact) mass is 261 g/mol. The molecule has 3 nitrogen and oxygen atoms in total. The third kappa shape index (κ3) is 5.09. The van der Waals surface area contributed by atoms with Crippen LogP contribution < -0.4 is 5.32 Å². The van der Waals surface area contributed by atoms with Crippen molar-refractivity contribution >= 4 is 21.2 Å². The van der Waals surface area contributed by atoms with E-state index in [9.17, 15) is 8.42 Å². The summed E-state index contributed by atoms with van der Waals surface area (Å²) in [5.41, 5.74) is 1.31. The summed E-state index contributed by atoms with van der Waals surface area (Å²) < 4.78 is 22.5. The molecule has 92 valence electrons. The minimum Gasteiger partial charge on any atom is -0.313 e. The Hall–Kier alpha value is -0.390. The number of sulfone groups is 1. The molecule has 1 heterocycles. The lowest BCUT2D eigenvalue weighted by atomic mass is 10.1. The van der Waals surface area contributed by atoms with Gasteiger partial charge in [0.2, 0.25) is 0 Å². The molecule has 0 aliphatic carbocycles. The molecule has 0 radical (unpaired) electrons. The Labute approximate surface area is 102 Å². The Morgan fingerprint density at radius 2 is 2.25 bits per heavy atom. The van der Waals surface area contributed by atoms with Crippen LogP contribution in [0, 0.1) is 0 Å². The van der Waals surface area contributed by atoms with Crippen LogP contribution in [0.1, 0.15) is 19.4 Å². The first kappa shape index (κ1) is 13.7. The van der Waals surface area contributed by atoms with E-state index < -0.39 is 9.84 Å². The standard InChI is InChI=1S/C11H19NO2S2/c1-3-16(13,14)7-5-12-10(2)8-11-4-6-15-9-11/h4,6,9-10,12H,3,5,7-8H2,1-2H3. The van der Waals surface area contributed by atoms with Gasteiger partial charge in [-0.15, -0.1) is 0 Å². The summed E-state index contributed by atoms with van der Waals surface area (Å²) in [4.78, 5) is 0. The largest absolute Gasteiger partial charge is 0.313 e. The second-order valence-electron chi connectivity index (χ2n) is 3.93. The van der Waals surface area contributed by atoms with E-state index in [1.807, 2.05) is 0 Å². The highest BCUT2D eigenvalue weighted by molar-refractivity contribution is 7.91. The van der Waals surface area contributed by atoms with E-state index in [0.29, 0.717) is 12.6 Å². The molecule has 1 rings (SSSR count). The molecule has 1 N–H and O–H groups in total. The van der Waals surface area contributed by atoms with Crippen LogP contribution in [-0.2, 0) is 16.3 Å². The number of hydrogen-bond acceptors (Lipinski definition) is 4. The summed E-state index contributed by atoms with van der Waals surface area (Å²) in [7, 11) is -2.84. The van der Waals surface area contributed by atoms with E-state index in [1.165, 1.54) is 5.56 Å². The van der Waals surface area contributed by atoms with Crippen LogP contribution in [0.4, 0.5) is 0 Å². The van der Waals surface area contributed by atoms with Gasteiger partial charge in [-0.25, -0.2) is 8.42 Å². The van der Waals surface area contributed by atoms with E-state index >= 15 is 0 Å². The van der Waals surface area contributed by atoms with Gasteiger partial charge in [-0.2, -0.15) is 11.3 Å². The quantitative estimate of drug-likeness (QED) is 0.812. The lowest BCUT2D eigenvalue weighted by Gasteiger charge is -2.12. The molecular formula is C11H19NO2S2. The second kappa shape index (κ2) is 6.37. The van der Waals surface area contributed by atoms with Crippen molar-refractivity contribution in [2.45, 2.75) is 26.3 Å². The van der Waals surface area contributed by atoms with E-state index in [0.717, 1.165) is 6.42 Å². The molecule has 1 aromatic heterocycles.